The third-order valence-electron chi connectivity index (χ3n) is 5.68. The third-order valence-corrected chi connectivity index (χ3v) is 7.59. The number of pyridine rings is 1. The highest BCUT2D eigenvalue weighted by Gasteiger charge is 2.32. The number of amides is 1. The van der Waals surface area contributed by atoms with Gasteiger partial charge in [-0.15, -0.1) is 0 Å². The van der Waals surface area contributed by atoms with Crippen LogP contribution >= 0.6 is 0 Å². The molecule has 1 fully saturated rings. The number of methoxy groups -OCH3 is 1. The van der Waals surface area contributed by atoms with Gasteiger partial charge in [0.15, 0.2) is 0 Å². The van der Waals surface area contributed by atoms with Gasteiger partial charge in [-0.2, -0.15) is 4.31 Å². The molecule has 9 nitrogen and oxygen atoms in total. The van der Waals surface area contributed by atoms with E-state index in [2.05, 4.69) is 10.1 Å². The number of carbonyl (C=O) groups excluding carboxylic acids is 1. The second-order valence-corrected chi connectivity index (χ2v) is 10.0. The average molecular weight is 459 g/mol. The van der Waals surface area contributed by atoms with Gasteiger partial charge in [0.25, 0.3) is 11.6 Å². The van der Waals surface area contributed by atoms with E-state index in [4.69, 9.17) is 9.26 Å². The zero-order valence-corrected chi connectivity index (χ0v) is 19.3. The summed E-state index contributed by atoms with van der Waals surface area (Å²) in [5.74, 6) is 0.530. The van der Waals surface area contributed by atoms with E-state index in [9.17, 15) is 13.2 Å². The van der Waals surface area contributed by atoms with Crippen LogP contribution in [-0.4, -0.2) is 67.0 Å². The van der Waals surface area contributed by atoms with Gasteiger partial charge in [0, 0.05) is 31.9 Å². The fraction of sp³-hybridized carbons (Fsp3) is 0.409. The summed E-state index contributed by atoms with van der Waals surface area (Å²) in [6.45, 7) is 6.78. The zero-order valence-electron chi connectivity index (χ0n) is 18.5. The molecule has 1 aromatic carbocycles. The molecule has 3 aromatic rings. The quantitative estimate of drug-likeness (QED) is 0.579. The molecule has 10 heteroatoms. The topological polar surface area (TPSA) is 106 Å². The summed E-state index contributed by atoms with van der Waals surface area (Å²) < 4.78 is 37.8. The summed E-state index contributed by atoms with van der Waals surface area (Å²) in [6, 6.07) is 8.09. The van der Waals surface area contributed by atoms with Crippen molar-refractivity contribution in [2.24, 2.45) is 0 Å². The van der Waals surface area contributed by atoms with E-state index in [1.54, 1.807) is 30.0 Å². The molecule has 0 unspecified atom stereocenters. The molecule has 1 amide bonds. The van der Waals surface area contributed by atoms with Crippen LogP contribution in [0.5, 0.6) is 5.75 Å². The van der Waals surface area contributed by atoms with Gasteiger partial charge < -0.3 is 14.2 Å². The van der Waals surface area contributed by atoms with Gasteiger partial charge in [0.05, 0.1) is 28.6 Å². The second kappa shape index (κ2) is 8.51. The maximum atomic E-state index is 13.4. The van der Waals surface area contributed by atoms with Crippen LogP contribution in [0.3, 0.4) is 0 Å². The smallest absolute Gasteiger partial charge is 0.259 e. The van der Waals surface area contributed by atoms with Crippen molar-refractivity contribution in [3.63, 3.8) is 0 Å². The fourth-order valence-electron chi connectivity index (χ4n) is 3.78. The molecule has 1 aliphatic heterocycles. The number of rotatable bonds is 5. The van der Waals surface area contributed by atoms with Crippen molar-refractivity contribution in [3.05, 3.63) is 47.3 Å². The molecule has 0 N–H and O–H groups in total. The highest BCUT2D eigenvalue weighted by Crippen LogP contribution is 2.27. The van der Waals surface area contributed by atoms with Crippen molar-refractivity contribution in [1.29, 1.82) is 0 Å². The number of aryl methyl sites for hydroxylation is 1. The van der Waals surface area contributed by atoms with Crippen molar-refractivity contribution in [1.82, 2.24) is 19.3 Å². The lowest BCUT2D eigenvalue weighted by Gasteiger charge is -2.34. The Morgan fingerprint density at radius 1 is 1.12 bits per heavy atom. The monoisotopic (exact) mass is 458 g/mol. The van der Waals surface area contributed by atoms with E-state index < -0.39 is 10.0 Å². The van der Waals surface area contributed by atoms with Gasteiger partial charge in [-0.05, 0) is 43.2 Å². The number of ether oxygens (including phenoxy) is 1. The van der Waals surface area contributed by atoms with E-state index >= 15 is 0 Å². The first-order valence-corrected chi connectivity index (χ1v) is 11.9. The minimum Gasteiger partial charge on any atom is -0.497 e. The first kappa shape index (κ1) is 22.2. The van der Waals surface area contributed by atoms with Crippen LogP contribution in [-0.2, 0) is 10.0 Å². The average Bonchev–Trinajstić information content (AvgIpc) is 3.18. The normalized spacial score (nSPS) is 15.5. The Kier molecular flexibility index (Phi) is 5.91. The van der Waals surface area contributed by atoms with Gasteiger partial charge in [-0.25, -0.2) is 13.4 Å². The molecule has 2 aromatic heterocycles. The van der Waals surface area contributed by atoms with Crippen LogP contribution in [0, 0.1) is 6.92 Å². The Balaban J connectivity index is 1.54. The van der Waals surface area contributed by atoms with E-state index in [-0.39, 0.29) is 29.8 Å². The predicted octanol–water partition coefficient (Wildman–Crippen LogP) is 2.81. The molecule has 170 valence electrons. The molecule has 1 aliphatic rings. The van der Waals surface area contributed by atoms with E-state index in [1.165, 1.54) is 23.5 Å². The van der Waals surface area contributed by atoms with Gasteiger partial charge in [0.1, 0.15) is 5.75 Å². The molecule has 0 saturated carbocycles. The lowest BCUT2D eigenvalue weighted by molar-refractivity contribution is 0.0699. The standard InChI is InChI=1S/C22H26N4O5S/c1-14(2)19-13-18(20-15(3)24-31-21(20)23-19)22(27)25-9-11-26(12-10-25)32(28,29)17-7-5-16(30-4)6-8-17/h5-8,13-14H,9-12H2,1-4H3. The predicted molar refractivity (Wildman–Crippen MR) is 118 cm³/mol. The molecule has 4 rings (SSSR count). The maximum absolute atomic E-state index is 13.4. The zero-order chi connectivity index (χ0) is 23.0. The van der Waals surface area contributed by atoms with Gasteiger partial charge in [0.2, 0.25) is 10.0 Å². The summed E-state index contributed by atoms with van der Waals surface area (Å²) in [5, 5.41) is 4.57. The van der Waals surface area contributed by atoms with Crippen molar-refractivity contribution in [2.75, 3.05) is 33.3 Å². The van der Waals surface area contributed by atoms with Crippen molar-refractivity contribution < 1.29 is 22.5 Å². The highest BCUT2D eigenvalue weighted by molar-refractivity contribution is 7.89. The SMILES string of the molecule is COc1ccc(S(=O)(=O)N2CCN(C(=O)c3cc(C(C)C)nc4onc(C)c34)CC2)cc1. The van der Waals surface area contributed by atoms with Crippen molar-refractivity contribution in [2.45, 2.75) is 31.6 Å². The molecule has 0 radical (unpaired) electrons. The lowest BCUT2D eigenvalue weighted by atomic mass is 10.0. The molecule has 1 saturated heterocycles. The van der Waals surface area contributed by atoms with Crippen LogP contribution in [0.25, 0.3) is 11.1 Å². The van der Waals surface area contributed by atoms with Gasteiger partial charge >= 0.3 is 0 Å². The summed E-state index contributed by atoms with van der Waals surface area (Å²) in [4.78, 5) is 19.7. The lowest BCUT2D eigenvalue weighted by Crippen LogP contribution is -2.50. The molecule has 0 bridgehead atoms. The number of carbonyl (C=O) groups is 1. The van der Waals surface area contributed by atoms with Crippen LogP contribution < -0.4 is 4.74 Å². The van der Waals surface area contributed by atoms with Crippen LogP contribution in [0.15, 0.2) is 39.8 Å². The maximum Gasteiger partial charge on any atom is 0.259 e. The number of benzene rings is 1. The van der Waals surface area contributed by atoms with E-state index in [0.29, 0.717) is 41.2 Å². The van der Waals surface area contributed by atoms with Crippen LogP contribution in [0.2, 0.25) is 0 Å². The number of fused-ring (bicyclic) bond motifs is 1. The minimum absolute atomic E-state index is 0.114. The van der Waals surface area contributed by atoms with E-state index in [1.807, 2.05) is 13.8 Å². The summed E-state index contributed by atoms with van der Waals surface area (Å²) >= 11 is 0. The number of sulfonamides is 1. The summed E-state index contributed by atoms with van der Waals surface area (Å²) in [7, 11) is -2.12. The first-order valence-electron chi connectivity index (χ1n) is 10.4. The second-order valence-electron chi connectivity index (χ2n) is 8.07. The number of piperazine rings is 1. The number of hydrogen-bond acceptors (Lipinski definition) is 7. The Labute approximate surface area is 187 Å². The van der Waals surface area contributed by atoms with Crippen molar-refractivity contribution in [3.8, 4) is 5.75 Å². The Morgan fingerprint density at radius 2 is 1.78 bits per heavy atom. The summed E-state index contributed by atoms with van der Waals surface area (Å²) in [5.41, 5.74) is 2.19. The number of aromatic nitrogens is 2. The molecule has 0 atom stereocenters. The molecule has 0 aliphatic carbocycles. The molecular formula is C22H26N4O5S. The number of hydrogen-bond donors (Lipinski definition) is 0. The molecule has 0 spiro atoms. The minimum atomic E-state index is -3.65. The summed E-state index contributed by atoms with van der Waals surface area (Å²) in [6.07, 6.45) is 0. The Bertz CT molecular complexity index is 1240. The molecule has 3 heterocycles. The van der Waals surface area contributed by atoms with Crippen molar-refractivity contribution >= 4 is 27.0 Å². The highest BCUT2D eigenvalue weighted by atomic mass is 32.2. The van der Waals surface area contributed by atoms with Crippen LogP contribution in [0.4, 0.5) is 0 Å². The van der Waals surface area contributed by atoms with Crippen LogP contribution in [0.1, 0.15) is 41.5 Å². The Hall–Kier alpha value is -2.98. The van der Waals surface area contributed by atoms with E-state index in [0.717, 1.165) is 5.69 Å². The Morgan fingerprint density at radius 3 is 2.38 bits per heavy atom. The molecule has 32 heavy (non-hydrogen) atoms. The van der Waals surface area contributed by atoms with Gasteiger partial charge in [-0.3, -0.25) is 4.79 Å². The first-order chi connectivity index (χ1) is 15.2. The van der Waals surface area contributed by atoms with Gasteiger partial charge in [-0.1, -0.05) is 19.0 Å². The largest absolute Gasteiger partial charge is 0.497 e. The fourth-order valence-corrected chi connectivity index (χ4v) is 5.20. The third kappa shape index (κ3) is 3.95. The number of nitrogens with zero attached hydrogens (tertiary/aromatic N) is 4. The molecular weight excluding hydrogens is 432 g/mol.